The lowest BCUT2D eigenvalue weighted by atomic mass is 9.98. The number of phenols is 1. The molecular weight excluding hydrogens is 516 g/mol. The molecule has 0 aromatic heterocycles. The minimum atomic E-state index is -0.745. The second-order valence-electron chi connectivity index (χ2n) is 10.7. The maximum absolute atomic E-state index is 10.8. The molecule has 41 heavy (non-hydrogen) atoms. The minimum Gasteiger partial charge on any atom is -0.508 e. The Kier molecular flexibility index (Phi) is 9.46. The molecule has 0 amide bonds. The van der Waals surface area contributed by atoms with Crippen LogP contribution in [0.2, 0.25) is 0 Å². The van der Waals surface area contributed by atoms with E-state index in [9.17, 15) is 15.3 Å². The first-order valence-corrected chi connectivity index (χ1v) is 14.0. The fourth-order valence-electron chi connectivity index (χ4n) is 5.33. The van der Waals surface area contributed by atoms with Crippen LogP contribution in [0.1, 0.15) is 52.7 Å². The Hall–Kier alpha value is -3.56. The second kappa shape index (κ2) is 13.4. The molecular formula is C34H38N2O5. The number of benzene rings is 4. The normalized spacial score (nSPS) is 19.8. The van der Waals surface area contributed by atoms with Crippen LogP contribution in [0.25, 0.3) is 11.1 Å². The molecule has 214 valence electrons. The van der Waals surface area contributed by atoms with Gasteiger partial charge >= 0.3 is 0 Å². The zero-order chi connectivity index (χ0) is 28.8. The topological polar surface area (TPSA) is 108 Å². The average Bonchev–Trinajstić information content (AvgIpc) is 3.01. The highest BCUT2D eigenvalue weighted by Gasteiger charge is 2.33. The van der Waals surface area contributed by atoms with Gasteiger partial charge in [0, 0.05) is 31.6 Å². The molecule has 1 aliphatic rings. The van der Waals surface area contributed by atoms with E-state index in [1.165, 1.54) is 0 Å². The summed E-state index contributed by atoms with van der Waals surface area (Å²) in [6, 6.07) is 31.0. The minimum absolute atomic E-state index is 0.00930. The van der Waals surface area contributed by atoms with Crippen LogP contribution < -0.4 is 5.73 Å². The zero-order valence-corrected chi connectivity index (χ0v) is 23.3. The van der Waals surface area contributed by atoms with E-state index < -0.39 is 12.4 Å². The quantitative estimate of drug-likeness (QED) is 0.213. The number of likely N-dealkylation sites (N-methyl/N-ethyl adjacent to an activating group) is 1. The molecule has 1 saturated heterocycles. The molecule has 0 spiro atoms. The molecule has 0 unspecified atom stereocenters. The lowest BCUT2D eigenvalue weighted by Gasteiger charge is -2.38. The number of aliphatic hydroxyl groups excluding tert-OH is 2. The van der Waals surface area contributed by atoms with Crippen LogP contribution in [0.4, 0.5) is 0 Å². The Bertz CT molecular complexity index is 1430. The largest absolute Gasteiger partial charge is 0.508 e. The SMILES string of the molecule is CN(C[C@H]1C[C@@H](c2ccc(CO)cc2)O[C@@H](c2cccc(-c3cccc(CN)c3)c2)O1)C[C@@H](O)c1cccc(O)c1. The van der Waals surface area contributed by atoms with Crippen molar-refractivity contribution in [2.75, 3.05) is 20.1 Å². The van der Waals surface area contributed by atoms with E-state index in [1.54, 1.807) is 18.2 Å². The number of nitrogens with zero attached hydrogens (tertiary/aromatic N) is 1. The van der Waals surface area contributed by atoms with Gasteiger partial charge in [-0.15, -0.1) is 0 Å². The van der Waals surface area contributed by atoms with Gasteiger partial charge in [-0.05, 0) is 64.7 Å². The molecule has 0 aliphatic carbocycles. The van der Waals surface area contributed by atoms with E-state index in [4.69, 9.17) is 15.2 Å². The third-order valence-electron chi connectivity index (χ3n) is 7.52. The summed E-state index contributed by atoms with van der Waals surface area (Å²) in [6.45, 7) is 1.44. The fourth-order valence-corrected chi connectivity index (χ4v) is 5.33. The van der Waals surface area contributed by atoms with Crippen molar-refractivity contribution >= 4 is 0 Å². The van der Waals surface area contributed by atoms with Crippen molar-refractivity contribution in [3.63, 3.8) is 0 Å². The lowest BCUT2D eigenvalue weighted by Crippen LogP contribution is -2.39. The maximum Gasteiger partial charge on any atom is 0.184 e. The predicted molar refractivity (Wildman–Crippen MR) is 159 cm³/mol. The van der Waals surface area contributed by atoms with Gasteiger partial charge in [-0.25, -0.2) is 0 Å². The monoisotopic (exact) mass is 554 g/mol. The number of aromatic hydroxyl groups is 1. The number of hydrogen-bond acceptors (Lipinski definition) is 7. The summed E-state index contributed by atoms with van der Waals surface area (Å²) < 4.78 is 13.1. The molecule has 7 heteroatoms. The number of aliphatic hydroxyl groups is 2. The van der Waals surface area contributed by atoms with Crippen LogP contribution >= 0.6 is 0 Å². The fraction of sp³-hybridized carbons (Fsp3) is 0.294. The van der Waals surface area contributed by atoms with E-state index in [2.05, 4.69) is 24.3 Å². The van der Waals surface area contributed by atoms with Gasteiger partial charge in [0.15, 0.2) is 6.29 Å². The first-order chi connectivity index (χ1) is 19.9. The molecule has 0 bridgehead atoms. The standard InChI is InChI=1S/C34H38N2O5/c1-36(21-32(39)28-8-4-10-30(38)17-28)20-31-18-33(25-13-11-23(22-37)12-14-25)41-34(40-31)29-9-3-7-27(16-29)26-6-2-5-24(15-26)19-35/h2-17,31-34,37-39H,18-22,35H2,1H3/t31-,32-,33+,34+/m1/s1. The van der Waals surface area contributed by atoms with Crippen LogP contribution in [0.15, 0.2) is 97.1 Å². The van der Waals surface area contributed by atoms with E-state index in [1.807, 2.05) is 66.5 Å². The predicted octanol–water partition coefficient (Wildman–Crippen LogP) is 5.22. The maximum atomic E-state index is 10.8. The highest BCUT2D eigenvalue weighted by Crippen LogP contribution is 2.39. The smallest absolute Gasteiger partial charge is 0.184 e. The zero-order valence-electron chi connectivity index (χ0n) is 23.3. The summed E-state index contributed by atoms with van der Waals surface area (Å²) in [5.74, 6) is 0.131. The Balaban J connectivity index is 1.36. The van der Waals surface area contributed by atoms with Crippen LogP contribution in [-0.4, -0.2) is 46.5 Å². The Morgan fingerprint density at radius 1 is 0.854 bits per heavy atom. The Labute approximate surface area is 241 Å². The summed E-state index contributed by atoms with van der Waals surface area (Å²) in [6.07, 6.45) is -1.06. The molecule has 4 aromatic carbocycles. The third kappa shape index (κ3) is 7.40. The van der Waals surface area contributed by atoms with E-state index in [0.29, 0.717) is 31.6 Å². The van der Waals surface area contributed by atoms with Crippen LogP contribution in [0.5, 0.6) is 5.75 Å². The molecule has 0 radical (unpaired) electrons. The highest BCUT2D eigenvalue weighted by atomic mass is 16.7. The van der Waals surface area contributed by atoms with Crippen molar-refractivity contribution in [2.45, 2.75) is 44.2 Å². The summed E-state index contributed by atoms with van der Waals surface area (Å²) >= 11 is 0. The second-order valence-corrected chi connectivity index (χ2v) is 10.7. The Morgan fingerprint density at radius 3 is 2.32 bits per heavy atom. The van der Waals surface area contributed by atoms with E-state index in [0.717, 1.165) is 33.4 Å². The van der Waals surface area contributed by atoms with Crippen LogP contribution in [-0.2, 0) is 22.6 Å². The summed E-state index contributed by atoms with van der Waals surface area (Å²) in [4.78, 5) is 2.04. The van der Waals surface area contributed by atoms with Crippen LogP contribution in [0.3, 0.4) is 0 Å². The van der Waals surface area contributed by atoms with Crippen molar-refractivity contribution in [1.29, 1.82) is 0 Å². The van der Waals surface area contributed by atoms with Crippen molar-refractivity contribution in [3.05, 3.63) is 125 Å². The lowest BCUT2D eigenvalue weighted by molar-refractivity contribution is -0.252. The van der Waals surface area contributed by atoms with Gasteiger partial charge in [0.1, 0.15) is 5.75 Å². The molecule has 4 aromatic rings. The molecule has 1 fully saturated rings. The molecule has 5 rings (SSSR count). The van der Waals surface area contributed by atoms with Gasteiger partial charge < -0.3 is 35.4 Å². The number of phenolic OH excluding ortho intramolecular Hbond substituents is 1. The first kappa shape index (κ1) is 29.0. The molecule has 1 aliphatic heterocycles. The van der Waals surface area contributed by atoms with Crippen molar-refractivity contribution in [1.82, 2.24) is 4.90 Å². The Morgan fingerprint density at radius 2 is 1.59 bits per heavy atom. The van der Waals surface area contributed by atoms with E-state index >= 15 is 0 Å². The van der Waals surface area contributed by atoms with Gasteiger partial charge in [0.25, 0.3) is 0 Å². The number of ether oxygens (including phenoxy) is 2. The molecule has 0 saturated carbocycles. The first-order valence-electron chi connectivity index (χ1n) is 14.0. The molecule has 7 nitrogen and oxygen atoms in total. The number of nitrogens with two attached hydrogens (primary N) is 1. The highest BCUT2D eigenvalue weighted by molar-refractivity contribution is 5.65. The van der Waals surface area contributed by atoms with Gasteiger partial charge in [0.2, 0.25) is 0 Å². The van der Waals surface area contributed by atoms with Gasteiger partial charge in [-0.3, -0.25) is 0 Å². The van der Waals surface area contributed by atoms with Crippen molar-refractivity contribution < 1.29 is 24.8 Å². The average molecular weight is 555 g/mol. The number of rotatable bonds is 10. The van der Waals surface area contributed by atoms with Gasteiger partial charge in [-0.1, -0.05) is 72.8 Å². The van der Waals surface area contributed by atoms with Crippen molar-refractivity contribution in [3.8, 4) is 16.9 Å². The summed E-state index contributed by atoms with van der Waals surface area (Å²) in [5.41, 5.74) is 12.5. The van der Waals surface area contributed by atoms with Crippen molar-refractivity contribution in [2.24, 2.45) is 5.73 Å². The van der Waals surface area contributed by atoms with Gasteiger partial charge in [0.05, 0.1) is 24.9 Å². The van der Waals surface area contributed by atoms with Crippen LogP contribution in [0, 0.1) is 0 Å². The summed E-state index contributed by atoms with van der Waals surface area (Å²) in [5, 5.41) is 30.1. The molecule has 1 heterocycles. The molecule has 5 N–H and O–H groups in total. The third-order valence-corrected chi connectivity index (χ3v) is 7.52. The van der Waals surface area contributed by atoms with Gasteiger partial charge in [-0.2, -0.15) is 0 Å². The summed E-state index contributed by atoms with van der Waals surface area (Å²) in [7, 11) is 1.95. The number of hydrogen-bond donors (Lipinski definition) is 4. The van der Waals surface area contributed by atoms with E-state index in [-0.39, 0.29) is 24.6 Å². The molecule has 4 atom stereocenters.